The molecular formula is C16H15N5O4S. The molecule has 2 heterocycles. The molecule has 0 radical (unpaired) electrons. The number of rotatable bonds is 6. The fourth-order valence-corrected chi connectivity index (χ4v) is 3.19. The van der Waals surface area contributed by atoms with Crippen molar-refractivity contribution in [2.24, 2.45) is 10.2 Å². The smallest absolute Gasteiger partial charge is 0.305 e. The normalized spacial score (nSPS) is 18.4. The molecule has 0 saturated carbocycles. The van der Waals surface area contributed by atoms with Crippen LogP contribution in [0.5, 0.6) is 5.75 Å². The Kier molecular flexibility index (Phi) is 5.32. The summed E-state index contributed by atoms with van der Waals surface area (Å²) in [6, 6.07) is 7.24. The third kappa shape index (κ3) is 4.09. The second-order valence-electron chi connectivity index (χ2n) is 5.22. The van der Waals surface area contributed by atoms with Crippen LogP contribution >= 0.6 is 11.8 Å². The number of carbonyl (C=O) groups excluding carboxylic acids is 1. The Balaban J connectivity index is 1.80. The quantitative estimate of drug-likeness (QED) is 0.582. The number of amides is 1. The van der Waals surface area contributed by atoms with Crippen molar-refractivity contribution in [3.05, 3.63) is 42.2 Å². The minimum atomic E-state index is -1.04. The second-order valence-corrected chi connectivity index (χ2v) is 6.41. The first-order valence-corrected chi connectivity index (χ1v) is 8.43. The summed E-state index contributed by atoms with van der Waals surface area (Å²) in [5.41, 5.74) is 1.50. The maximum absolute atomic E-state index is 11.7. The average Bonchev–Trinajstić information content (AvgIpc) is 3.25. The number of aromatic nitrogens is 2. The van der Waals surface area contributed by atoms with Crippen molar-refractivity contribution in [2.45, 2.75) is 11.7 Å². The van der Waals surface area contributed by atoms with Gasteiger partial charge in [0.15, 0.2) is 5.17 Å². The van der Waals surface area contributed by atoms with Crippen LogP contribution in [0.4, 0.5) is 0 Å². The average molecular weight is 373 g/mol. The van der Waals surface area contributed by atoms with E-state index < -0.39 is 11.2 Å². The number of carbonyl (C=O) groups is 2. The highest BCUT2D eigenvalue weighted by Gasteiger charge is 2.32. The lowest BCUT2D eigenvalue weighted by Gasteiger charge is -2.07. The van der Waals surface area contributed by atoms with Crippen LogP contribution < -0.4 is 10.1 Å². The number of methoxy groups -OCH3 is 1. The van der Waals surface area contributed by atoms with Crippen molar-refractivity contribution in [3.63, 3.8) is 0 Å². The molecule has 9 nitrogen and oxygen atoms in total. The summed E-state index contributed by atoms with van der Waals surface area (Å²) < 4.78 is 6.91. The fraction of sp³-hybridized carbons (Fsp3) is 0.188. The number of thioether (sulfide) groups is 1. The number of carboxylic acid groups (broad SMARTS) is 1. The Morgan fingerprint density at radius 3 is 3.08 bits per heavy atom. The third-order valence-electron chi connectivity index (χ3n) is 3.47. The second kappa shape index (κ2) is 7.83. The van der Waals surface area contributed by atoms with Crippen molar-refractivity contribution in [1.82, 2.24) is 15.1 Å². The van der Waals surface area contributed by atoms with E-state index in [1.54, 1.807) is 36.3 Å². The first-order chi connectivity index (χ1) is 12.6. The highest BCUT2D eigenvalue weighted by atomic mass is 32.2. The monoisotopic (exact) mass is 373 g/mol. The van der Waals surface area contributed by atoms with Gasteiger partial charge in [0, 0.05) is 18.0 Å². The van der Waals surface area contributed by atoms with Crippen LogP contribution in [0.2, 0.25) is 0 Å². The van der Waals surface area contributed by atoms with E-state index in [2.05, 4.69) is 20.6 Å². The zero-order chi connectivity index (χ0) is 18.5. The Labute approximate surface area is 152 Å². The van der Waals surface area contributed by atoms with Gasteiger partial charge in [-0.1, -0.05) is 11.8 Å². The van der Waals surface area contributed by atoms with Crippen LogP contribution in [0.3, 0.4) is 0 Å². The largest absolute Gasteiger partial charge is 0.497 e. The molecule has 1 atom stereocenters. The lowest BCUT2D eigenvalue weighted by Crippen LogP contribution is -2.26. The minimum absolute atomic E-state index is 0.265. The maximum Gasteiger partial charge on any atom is 0.305 e. The molecule has 134 valence electrons. The molecule has 1 unspecified atom stereocenters. The summed E-state index contributed by atoms with van der Waals surface area (Å²) in [7, 11) is 1.57. The van der Waals surface area contributed by atoms with Gasteiger partial charge in [0.2, 0.25) is 5.91 Å². The van der Waals surface area contributed by atoms with Gasteiger partial charge in [0.25, 0.3) is 0 Å². The molecule has 1 aromatic heterocycles. The van der Waals surface area contributed by atoms with Crippen molar-refractivity contribution in [3.8, 4) is 11.4 Å². The molecule has 10 heteroatoms. The highest BCUT2D eigenvalue weighted by Crippen LogP contribution is 2.23. The van der Waals surface area contributed by atoms with Crippen LogP contribution in [-0.4, -0.2) is 50.5 Å². The first kappa shape index (κ1) is 17.7. The zero-order valence-electron chi connectivity index (χ0n) is 13.7. The van der Waals surface area contributed by atoms with E-state index in [-0.39, 0.29) is 17.5 Å². The Morgan fingerprint density at radius 2 is 2.38 bits per heavy atom. The summed E-state index contributed by atoms with van der Waals surface area (Å²) in [4.78, 5) is 22.4. The van der Waals surface area contributed by atoms with Gasteiger partial charge in [0.1, 0.15) is 11.0 Å². The van der Waals surface area contributed by atoms with Crippen LogP contribution in [-0.2, 0) is 9.59 Å². The predicted octanol–water partition coefficient (Wildman–Crippen LogP) is 1.28. The Hall–Kier alpha value is -3.14. The molecule has 3 rings (SSSR count). The van der Waals surface area contributed by atoms with Crippen LogP contribution in [0, 0.1) is 0 Å². The summed E-state index contributed by atoms with van der Waals surface area (Å²) in [5, 5.41) is 23.0. The van der Waals surface area contributed by atoms with Crippen LogP contribution in [0.15, 0.2) is 46.9 Å². The number of hydrogen-bond donors (Lipinski definition) is 2. The van der Waals surface area contributed by atoms with E-state index in [0.717, 1.165) is 17.4 Å². The lowest BCUT2D eigenvalue weighted by atomic mass is 10.2. The van der Waals surface area contributed by atoms with Gasteiger partial charge in [-0.25, -0.2) is 4.68 Å². The molecular weight excluding hydrogens is 358 g/mol. The summed E-state index contributed by atoms with van der Waals surface area (Å²) in [6.07, 6.45) is 4.72. The highest BCUT2D eigenvalue weighted by molar-refractivity contribution is 8.15. The maximum atomic E-state index is 11.7. The molecule has 1 aliphatic rings. The van der Waals surface area contributed by atoms with Crippen molar-refractivity contribution in [1.29, 1.82) is 0 Å². The molecule has 0 spiro atoms. The molecule has 1 aliphatic heterocycles. The Bertz CT molecular complexity index is 879. The number of benzene rings is 1. The van der Waals surface area contributed by atoms with Gasteiger partial charge in [0.05, 0.1) is 25.4 Å². The first-order valence-electron chi connectivity index (χ1n) is 7.55. The standard InChI is InChI=1S/C16H15N5O4S/c1-25-11-3-4-12(21-6-2-5-18-21)10(7-11)9-17-20-16-19-15(24)13(26-16)8-14(22)23/h2-7,9,13H,8H2,1H3,(H,22,23)(H,19,20,24). The van der Waals surface area contributed by atoms with E-state index in [1.165, 1.54) is 6.21 Å². The zero-order valence-corrected chi connectivity index (χ0v) is 14.5. The van der Waals surface area contributed by atoms with Crippen LogP contribution in [0.25, 0.3) is 5.69 Å². The predicted molar refractivity (Wildman–Crippen MR) is 96.9 cm³/mol. The summed E-state index contributed by atoms with van der Waals surface area (Å²) in [6.45, 7) is 0. The summed E-state index contributed by atoms with van der Waals surface area (Å²) in [5.74, 6) is -0.771. The van der Waals surface area contributed by atoms with Crippen molar-refractivity contribution < 1.29 is 19.4 Å². The van der Waals surface area contributed by atoms with Crippen molar-refractivity contribution >= 4 is 35.0 Å². The molecule has 0 bridgehead atoms. The molecule has 0 aliphatic carbocycles. The number of nitrogens with one attached hydrogen (secondary N) is 1. The molecule has 1 amide bonds. The lowest BCUT2D eigenvalue weighted by molar-refractivity contribution is -0.138. The van der Waals surface area contributed by atoms with Gasteiger partial charge in [-0.2, -0.15) is 10.2 Å². The van der Waals surface area contributed by atoms with E-state index in [0.29, 0.717) is 11.3 Å². The van der Waals surface area contributed by atoms with E-state index in [1.807, 2.05) is 12.1 Å². The molecule has 1 saturated heterocycles. The number of hydrogen-bond acceptors (Lipinski definition) is 7. The van der Waals surface area contributed by atoms with E-state index >= 15 is 0 Å². The van der Waals surface area contributed by atoms with Gasteiger partial charge in [-0.3, -0.25) is 9.59 Å². The van der Waals surface area contributed by atoms with E-state index in [9.17, 15) is 9.59 Å². The number of amidine groups is 1. The third-order valence-corrected chi connectivity index (χ3v) is 4.54. The fourth-order valence-electron chi connectivity index (χ4n) is 2.27. The number of carboxylic acids is 1. The molecule has 1 aromatic carbocycles. The van der Waals surface area contributed by atoms with Gasteiger partial charge >= 0.3 is 5.97 Å². The molecule has 2 N–H and O–H groups in total. The van der Waals surface area contributed by atoms with Gasteiger partial charge in [-0.15, -0.1) is 5.10 Å². The number of ether oxygens (including phenoxy) is 1. The summed E-state index contributed by atoms with van der Waals surface area (Å²) >= 11 is 1.04. The molecule has 1 fully saturated rings. The van der Waals surface area contributed by atoms with Crippen molar-refractivity contribution in [2.75, 3.05) is 7.11 Å². The number of nitrogens with zero attached hydrogens (tertiary/aromatic N) is 4. The molecule has 26 heavy (non-hydrogen) atoms. The van der Waals surface area contributed by atoms with Gasteiger partial charge < -0.3 is 15.2 Å². The Morgan fingerprint density at radius 1 is 1.54 bits per heavy atom. The van der Waals surface area contributed by atoms with Gasteiger partial charge in [-0.05, 0) is 24.3 Å². The minimum Gasteiger partial charge on any atom is -0.497 e. The number of aliphatic carboxylic acids is 1. The van der Waals surface area contributed by atoms with Crippen LogP contribution in [0.1, 0.15) is 12.0 Å². The van der Waals surface area contributed by atoms with E-state index in [4.69, 9.17) is 9.84 Å². The topological polar surface area (TPSA) is 118 Å². The SMILES string of the molecule is COc1ccc(-n2cccn2)c(C=NN=C2NC(=O)C(CC(=O)O)S2)c1. The molecule has 2 aromatic rings.